The third-order valence-electron chi connectivity index (χ3n) is 4.70. The Morgan fingerprint density at radius 3 is 2.60 bits per heavy atom. The minimum atomic E-state index is -4.52. The molecule has 1 atom stereocenters. The number of anilines is 1. The number of hydrogen-bond donors (Lipinski definition) is 0. The maximum Gasteiger partial charge on any atom is 0.419 e. The number of pyridine rings is 1. The monoisotopic (exact) mass is 441 g/mol. The van der Waals surface area contributed by atoms with Gasteiger partial charge in [0.25, 0.3) is 0 Å². The first kappa shape index (κ1) is 18.9. The first-order valence-corrected chi connectivity index (χ1v) is 10.3. The van der Waals surface area contributed by atoms with Crippen LogP contribution in [-0.2, 0) is 16.2 Å². The van der Waals surface area contributed by atoms with Crippen LogP contribution >= 0.6 is 15.9 Å². The molecule has 5 nitrogen and oxygen atoms in total. The van der Waals surface area contributed by atoms with Gasteiger partial charge in [0.05, 0.1) is 10.8 Å². The van der Waals surface area contributed by atoms with Crippen molar-refractivity contribution < 1.29 is 21.6 Å². The van der Waals surface area contributed by atoms with Crippen molar-refractivity contribution in [1.82, 2.24) is 9.29 Å². The number of rotatable bonds is 4. The molecule has 1 aliphatic carbocycles. The summed E-state index contributed by atoms with van der Waals surface area (Å²) < 4.78 is 66.5. The van der Waals surface area contributed by atoms with E-state index >= 15 is 0 Å². The first-order chi connectivity index (χ1) is 11.6. The number of hydrogen-bond acceptors (Lipinski definition) is 4. The van der Waals surface area contributed by atoms with Gasteiger partial charge in [-0.3, -0.25) is 0 Å². The Balaban J connectivity index is 1.85. The molecule has 140 valence electrons. The Morgan fingerprint density at radius 1 is 1.32 bits per heavy atom. The Morgan fingerprint density at radius 2 is 2.00 bits per heavy atom. The number of likely N-dealkylation sites (N-methyl/N-ethyl adjacent to an activating group) is 1. The van der Waals surface area contributed by atoms with Gasteiger partial charge in [0, 0.05) is 36.8 Å². The quantitative estimate of drug-likeness (QED) is 0.719. The molecule has 10 heteroatoms. The summed E-state index contributed by atoms with van der Waals surface area (Å²) in [7, 11) is -1.83. The van der Waals surface area contributed by atoms with E-state index in [2.05, 4.69) is 20.9 Å². The third kappa shape index (κ3) is 3.95. The third-order valence-corrected chi connectivity index (χ3v) is 7.54. The normalized spacial score (nSPS) is 22.5. The van der Waals surface area contributed by atoms with E-state index in [1.54, 1.807) is 4.90 Å². The second-order valence-corrected chi connectivity index (χ2v) is 9.71. The van der Waals surface area contributed by atoms with Crippen molar-refractivity contribution in [1.29, 1.82) is 0 Å². The average Bonchev–Trinajstić information content (AvgIpc) is 3.38. The van der Waals surface area contributed by atoms with Crippen LogP contribution in [0.1, 0.15) is 31.2 Å². The van der Waals surface area contributed by atoms with E-state index in [0.717, 1.165) is 6.07 Å². The number of halogens is 4. The highest BCUT2D eigenvalue weighted by Crippen LogP contribution is 2.38. The number of alkyl halides is 3. The summed E-state index contributed by atoms with van der Waals surface area (Å²) in [5.74, 6) is -0.141. The van der Waals surface area contributed by atoms with Crippen molar-refractivity contribution in [3.8, 4) is 0 Å². The average molecular weight is 442 g/mol. The molecule has 0 spiro atoms. The zero-order valence-corrected chi connectivity index (χ0v) is 16.0. The standard InChI is InChI=1S/C15H19BrF3N3O2S/c1-21(25(23,24)12-4-5-12)11-3-2-6-22(9-11)14-13(15(17,18)19)7-10(16)8-20-14/h7-8,11-12H,2-6,9H2,1H3. The lowest BCUT2D eigenvalue weighted by molar-refractivity contribution is -0.137. The lowest BCUT2D eigenvalue weighted by Crippen LogP contribution is -2.50. The lowest BCUT2D eigenvalue weighted by atomic mass is 10.1. The van der Waals surface area contributed by atoms with E-state index < -0.39 is 21.8 Å². The fourth-order valence-electron chi connectivity index (χ4n) is 3.15. The van der Waals surface area contributed by atoms with E-state index in [-0.39, 0.29) is 28.1 Å². The molecule has 1 aromatic heterocycles. The molecule has 1 aromatic rings. The van der Waals surface area contributed by atoms with Crippen molar-refractivity contribution >= 4 is 31.8 Å². The van der Waals surface area contributed by atoms with Crippen molar-refractivity contribution in [3.05, 3.63) is 22.3 Å². The van der Waals surface area contributed by atoms with Gasteiger partial charge in [-0.15, -0.1) is 0 Å². The van der Waals surface area contributed by atoms with Gasteiger partial charge in [-0.1, -0.05) is 0 Å². The van der Waals surface area contributed by atoms with Gasteiger partial charge in [-0.05, 0) is 47.7 Å². The summed E-state index contributed by atoms with van der Waals surface area (Å²) >= 11 is 3.03. The van der Waals surface area contributed by atoms with Crippen molar-refractivity contribution in [2.75, 3.05) is 25.0 Å². The molecule has 1 saturated carbocycles. The van der Waals surface area contributed by atoms with Gasteiger partial charge in [-0.2, -0.15) is 17.5 Å². The van der Waals surface area contributed by atoms with Crippen LogP contribution in [0.2, 0.25) is 0 Å². The van der Waals surface area contributed by atoms with Gasteiger partial charge in [0.1, 0.15) is 5.82 Å². The van der Waals surface area contributed by atoms with Crippen molar-refractivity contribution in [2.45, 2.75) is 43.2 Å². The van der Waals surface area contributed by atoms with E-state index in [9.17, 15) is 21.6 Å². The van der Waals surface area contributed by atoms with Crippen LogP contribution in [0.5, 0.6) is 0 Å². The fraction of sp³-hybridized carbons (Fsp3) is 0.667. The van der Waals surface area contributed by atoms with Crippen LogP contribution in [0, 0.1) is 0 Å². The fourth-order valence-corrected chi connectivity index (χ4v) is 5.27. The molecule has 2 fully saturated rings. The molecular weight excluding hydrogens is 423 g/mol. The minimum Gasteiger partial charge on any atom is -0.355 e. The predicted octanol–water partition coefficient (Wildman–Crippen LogP) is 3.26. The topological polar surface area (TPSA) is 53.5 Å². The Hall–Kier alpha value is -0.870. The number of sulfonamides is 1. The Kier molecular flexibility index (Phi) is 5.06. The second kappa shape index (κ2) is 6.70. The molecule has 0 bridgehead atoms. The van der Waals surface area contributed by atoms with E-state index in [4.69, 9.17) is 0 Å². The number of piperidine rings is 1. The van der Waals surface area contributed by atoms with Crippen molar-refractivity contribution in [2.24, 2.45) is 0 Å². The maximum atomic E-state index is 13.3. The molecule has 1 aliphatic heterocycles. The summed E-state index contributed by atoms with van der Waals surface area (Å²) in [4.78, 5) is 5.51. The lowest BCUT2D eigenvalue weighted by Gasteiger charge is -2.38. The number of nitrogens with zero attached hydrogens (tertiary/aromatic N) is 3. The van der Waals surface area contributed by atoms with Gasteiger partial charge >= 0.3 is 6.18 Å². The minimum absolute atomic E-state index is 0.141. The zero-order valence-electron chi connectivity index (χ0n) is 13.6. The molecule has 0 aromatic carbocycles. The highest BCUT2D eigenvalue weighted by molar-refractivity contribution is 9.10. The predicted molar refractivity (Wildman–Crippen MR) is 91.9 cm³/mol. The van der Waals surface area contributed by atoms with Crippen LogP contribution in [0.4, 0.5) is 19.0 Å². The number of aromatic nitrogens is 1. The summed E-state index contributed by atoms with van der Waals surface area (Å²) in [5, 5.41) is -0.329. The Labute approximate surface area is 153 Å². The van der Waals surface area contributed by atoms with Gasteiger partial charge in [0.2, 0.25) is 10.0 Å². The van der Waals surface area contributed by atoms with Gasteiger partial charge in [0.15, 0.2) is 0 Å². The smallest absolute Gasteiger partial charge is 0.355 e. The second-order valence-electron chi connectivity index (χ2n) is 6.53. The molecule has 1 unspecified atom stereocenters. The van der Waals surface area contributed by atoms with Crippen LogP contribution in [-0.4, -0.2) is 49.1 Å². The first-order valence-electron chi connectivity index (χ1n) is 8.05. The van der Waals surface area contributed by atoms with E-state index in [0.29, 0.717) is 32.2 Å². The maximum absolute atomic E-state index is 13.3. The molecule has 0 N–H and O–H groups in total. The zero-order chi connectivity index (χ0) is 18.4. The van der Waals surface area contributed by atoms with Gasteiger partial charge in [-0.25, -0.2) is 13.4 Å². The summed E-state index contributed by atoms with van der Waals surface area (Å²) in [6.07, 6.45) is -0.615. The highest BCUT2D eigenvalue weighted by atomic mass is 79.9. The SMILES string of the molecule is CN(C1CCCN(c2ncc(Br)cc2C(F)(F)F)C1)S(=O)(=O)C1CC1. The summed E-state index contributed by atoms with van der Waals surface area (Å²) in [6.45, 7) is 0.631. The van der Waals surface area contributed by atoms with Crippen LogP contribution in [0.3, 0.4) is 0 Å². The van der Waals surface area contributed by atoms with Crippen molar-refractivity contribution in [3.63, 3.8) is 0 Å². The summed E-state index contributed by atoms with van der Waals surface area (Å²) in [6, 6.07) is 0.669. The molecule has 25 heavy (non-hydrogen) atoms. The summed E-state index contributed by atoms with van der Waals surface area (Å²) in [5.41, 5.74) is -0.810. The van der Waals surface area contributed by atoms with Crippen LogP contribution in [0.25, 0.3) is 0 Å². The molecule has 0 radical (unpaired) electrons. The molecular formula is C15H19BrF3N3O2S. The molecule has 2 aliphatic rings. The van der Waals surface area contributed by atoms with Crippen LogP contribution < -0.4 is 4.90 Å². The Bertz CT molecular complexity index is 753. The van der Waals surface area contributed by atoms with E-state index in [1.807, 2.05) is 0 Å². The van der Waals surface area contributed by atoms with E-state index in [1.165, 1.54) is 17.5 Å². The molecule has 0 amide bonds. The van der Waals surface area contributed by atoms with Gasteiger partial charge < -0.3 is 4.90 Å². The molecule has 2 heterocycles. The molecule has 3 rings (SSSR count). The van der Waals surface area contributed by atoms with Crippen LogP contribution in [0.15, 0.2) is 16.7 Å². The molecule has 1 saturated heterocycles. The largest absolute Gasteiger partial charge is 0.419 e. The highest BCUT2D eigenvalue weighted by Gasteiger charge is 2.43.